The fourth-order valence-corrected chi connectivity index (χ4v) is 3.47. The molecule has 0 saturated carbocycles. The molecule has 1 saturated heterocycles. The van der Waals surface area contributed by atoms with Crippen molar-refractivity contribution in [1.82, 2.24) is 20.2 Å². The van der Waals surface area contributed by atoms with Crippen LogP contribution in [0.5, 0.6) is 0 Å². The van der Waals surface area contributed by atoms with Crippen molar-refractivity contribution < 1.29 is 9.53 Å². The average molecular weight is 378 g/mol. The smallest absolute Gasteiger partial charge is 0.223 e. The van der Waals surface area contributed by atoms with Crippen LogP contribution < -0.4 is 10.6 Å². The maximum absolute atomic E-state index is 11.6. The number of carbonyl (C=O) groups excluding carboxylic acids is 1. The molecule has 1 aliphatic carbocycles. The van der Waals surface area contributed by atoms with Crippen molar-refractivity contribution in [3.8, 4) is 6.07 Å². The van der Waals surface area contributed by atoms with Gasteiger partial charge in [-0.2, -0.15) is 5.26 Å². The first-order valence-corrected chi connectivity index (χ1v) is 9.58. The summed E-state index contributed by atoms with van der Waals surface area (Å²) in [6, 6.07) is 3.88. The van der Waals surface area contributed by atoms with Crippen LogP contribution in [0, 0.1) is 11.3 Å². The maximum Gasteiger partial charge on any atom is 0.223 e. The van der Waals surface area contributed by atoms with Crippen molar-refractivity contribution in [3.63, 3.8) is 0 Å². The van der Waals surface area contributed by atoms with Gasteiger partial charge in [0.1, 0.15) is 17.4 Å². The Balaban J connectivity index is 1.39. The zero-order valence-electron chi connectivity index (χ0n) is 15.6. The average Bonchev–Trinajstić information content (AvgIpc) is 3.32. The van der Waals surface area contributed by atoms with Crippen molar-refractivity contribution in [2.75, 3.05) is 25.0 Å². The van der Waals surface area contributed by atoms with E-state index in [1.165, 1.54) is 0 Å². The molecule has 0 atom stereocenters. The molecule has 2 N–H and O–H groups in total. The van der Waals surface area contributed by atoms with Crippen molar-refractivity contribution >= 4 is 17.4 Å². The summed E-state index contributed by atoms with van der Waals surface area (Å²) in [7, 11) is 0. The van der Waals surface area contributed by atoms with E-state index in [4.69, 9.17) is 4.74 Å². The fourth-order valence-electron chi connectivity index (χ4n) is 3.47. The van der Waals surface area contributed by atoms with E-state index in [1.54, 1.807) is 12.3 Å². The molecule has 144 valence electrons. The zero-order valence-corrected chi connectivity index (χ0v) is 15.6. The van der Waals surface area contributed by atoms with Gasteiger partial charge in [0.15, 0.2) is 0 Å². The summed E-state index contributed by atoms with van der Waals surface area (Å²) >= 11 is 0. The molecule has 4 rings (SSSR count). The quantitative estimate of drug-likeness (QED) is 0.578. The lowest BCUT2D eigenvalue weighted by atomic mass is 10.1. The van der Waals surface area contributed by atoms with Gasteiger partial charge in [0, 0.05) is 32.3 Å². The van der Waals surface area contributed by atoms with Gasteiger partial charge in [0.25, 0.3) is 0 Å². The number of hydrogen-bond acceptors (Lipinski definition) is 7. The SMILES string of the molecule is N#C/C(=C1\NC2=C(C=CCC2)O1)c1ccnc(NCCCN2CCCC2=O)n1. The molecular weight excluding hydrogens is 356 g/mol. The van der Waals surface area contributed by atoms with Gasteiger partial charge in [-0.25, -0.2) is 9.97 Å². The van der Waals surface area contributed by atoms with Crippen molar-refractivity contribution in [2.45, 2.75) is 32.1 Å². The highest BCUT2D eigenvalue weighted by Gasteiger charge is 2.24. The molecule has 0 unspecified atom stereocenters. The second-order valence-electron chi connectivity index (χ2n) is 6.86. The number of nitrogens with one attached hydrogen (secondary N) is 2. The summed E-state index contributed by atoms with van der Waals surface area (Å²) in [6.45, 7) is 2.24. The Labute approximate surface area is 163 Å². The van der Waals surface area contributed by atoms with Gasteiger partial charge in [0.05, 0.1) is 11.4 Å². The molecular formula is C20H22N6O2. The molecule has 3 aliphatic rings. The molecule has 8 heteroatoms. The molecule has 0 aromatic carbocycles. The Bertz CT molecular complexity index is 912. The van der Waals surface area contributed by atoms with Crippen LogP contribution in [0.4, 0.5) is 5.95 Å². The number of ether oxygens (including phenoxy) is 1. The molecule has 0 bridgehead atoms. The first kappa shape index (κ1) is 18.0. The Kier molecular flexibility index (Phi) is 5.24. The van der Waals surface area contributed by atoms with Gasteiger partial charge in [0.2, 0.25) is 17.7 Å². The summed E-state index contributed by atoms with van der Waals surface area (Å²) in [5, 5.41) is 16.0. The van der Waals surface area contributed by atoms with E-state index in [9.17, 15) is 10.1 Å². The molecule has 8 nitrogen and oxygen atoms in total. The first-order valence-electron chi connectivity index (χ1n) is 9.58. The van der Waals surface area contributed by atoms with Crippen molar-refractivity contribution in [3.05, 3.63) is 47.4 Å². The normalized spacial score (nSPS) is 19.8. The third-order valence-electron chi connectivity index (χ3n) is 4.91. The van der Waals surface area contributed by atoms with Gasteiger partial charge < -0.3 is 20.3 Å². The highest BCUT2D eigenvalue weighted by molar-refractivity contribution is 5.78. The third kappa shape index (κ3) is 3.83. The van der Waals surface area contributed by atoms with Crippen LogP contribution in [-0.2, 0) is 9.53 Å². The molecule has 1 aromatic heterocycles. The Hall–Kier alpha value is -3.34. The van der Waals surface area contributed by atoms with Gasteiger partial charge >= 0.3 is 0 Å². The zero-order chi connectivity index (χ0) is 19.3. The van der Waals surface area contributed by atoms with E-state index in [-0.39, 0.29) is 5.91 Å². The summed E-state index contributed by atoms with van der Waals surface area (Å²) in [5.74, 6) is 1.86. The molecule has 0 spiro atoms. The van der Waals surface area contributed by atoms with Crippen LogP contribution >= 0.6 is 0 Å². The first-order chi connectivity index (χ1) is 13.7. The number of anilines is 1. The van der Waals surface area contributed by atoms with Crippen LogP contribution in [-0.4, -0.2) is 40.4 Å². The highest BCUT2D eigenvalue weighted by Crippen LogP contribution is 2.30. The van der Waals surface area contributed by atoms with Gasteiger partial charge in [-0.3, -0.25) is 4.79 Å². The Morgan fingerprint density at radius 2 is 2.36 bits per heavy atom. The molecule has 0 radical (unpaired) electrons. The molecule has 28 heavy (non-hydrogen) atoms. The predicted octanol–water partition coefficient (Wildman–Crippen LogP) is 2.27. The largest absolute Gasteiger partial charge is 0.438 e. The van der Waals surface area contributed by atoms with Crippen LogP contribution in [0.3, 0.4) is 0 Å². The number of nitriles is 1. The minimum absolute atomic E-state index is 0.235. The number of nitrogens with zero attached hydrogens (tertiary/aromatic N) is 4. The predicted molar refractivity (Wildman–Crippen MR) is 103 cm³/mol. The van der Waals surface area contributed by atoms with E-state index in [0.29, 0.717) is 36.1 Å². The number of allylic oxidation sites excluding steroid dienone is 4. The maximum atomic E-state index is 11.6. The van der Waals surface area contributed by atoms with E-state index in [1.807, 2.05) is 11.0 Å². The van der Waals surface area contributed by atoms with Crippen molar-refractivity contribution in [1.29, 1.82) is 5.26 Å². The van der Waals surface area contributed by atoms with E-state index in [2.05, 4.69) is 32.7 Å². The minimum Gasteiger partial charge on any atom is -0.438 e. The lowest BCUT2D eigenvalue weighted by Crippen LogP contribution is -2.27. The monoisotopic (exact) mass is 378 g/mol. The second-order valence-corrected chi connectivity index (χ2v) is 6.86. The van der Waals surface area contributed by atoms with Crippen molar-refractivity contribution in [2.24, 2.45) is 0 Å². The van der Waals surface area contributed by atoms with Gasteiger partial charge in [-0.1, -0.05) is 6.08 Å². The lowest BCUT2D eigenvalue weighted by Gasteiger charge is -2.15. The minimum atomic E-state index is 0.235. The summed E-state index contributed by atoms with van der Waals surface area (Å²) in [6.07, 6.45) is 9.85. The number of rotatable bonds is 6. The van der Waals surface area contributed by atoms with E-state index in [0.717, 1.165) is 50.2 Å². The van der Waals surface area contributed by atoms with E-state index < -0.39 is 0 Å². The standard InChI is InChI=1S/C20H22N6O2/c21-13-14(19-24-16-5-1-2-6-17(16)28-19)15-8-10-23-20(25-15)22-9-4-12-26-11-3-7-18(26)27/h2,6,8,10,24H,1,3-5,7,9,11-12H2,(H,22,23,25)/b19-14-. The van der Waals surface area contributed by atoms with Crippen LogP contribution in [0.15, 0.2) is 41.8 Å². The lowest BCUT2D eigenvalue weighted by molar-refractivity contribution is -0.127. The fraction of sp³-hybridized carbons (Fsp3) is 0.400. The molecule has 2 aliphatic heterocycles. The topological polar surface area (TPSA) is 103 Å². The van der Waals surface area contributed by atoms with Gasteiger partial charge in [-0.15, -0.1) is 0 Å². The second kappa shape index (κ2) is 8.13. The Morgan fingerprint density at radius 3 is 3.14 bits per heavy atom. The summed E-state index contributed by atoms with van der Waals surface area (Å²) in [5.41, 5.74) is 1.84. The van der Waals surface area contributed by atoms with Crippen LogP contribution in [0.1, 0.15) is 37.8 Å². The molecule has 3 heterocycles. The molecule has 1 aromatic rings. The number of aromatic nitrogens is 2. The number of hydrogen-bond donors (Lipinski definition) is 2. The number of carbonyl (C=O) groups is 1. The third-order valence-corrected chi connectivity index (χ3v) is 4.91. The molecule has 1 fully saturated rings. The summed E-state index contributed by atoms with van der Waals surface area (Å²) in [4.78, 5) is 22.2. The van der Waals surface area contributed by atoms with Gasteiger partial charge in [-0.05, 0) is 37.8 Å². The van der Waals surface area contributed by atoms with Crippen LogP contribution in [0.2, 0.25) is 0 Å². The number of likely N-dealkylation sites (tertiary alicyclic amines) is 1. The number of amides is 1. The van der Waals surface area contributed by atoms with Crippen LogP contribution in [0.25, 0.3) is 5.57 Å². The Morgan fingerprint density at radius 1 is 1.43 bits per heavy atom. The highest BCUT2D eigenvalue weighted by atomic mass is 16.5. The molecule has 1 amide bonds. The van der Waals surface area contributed by atoms with E-state index >= 15 is 0 Å². The summed E-state index contributed by atoms with van der Waals surface area (Å²) < 4.78 is 5.80.